The second-order valence-electron chi connectivity index (χ2n) is 2.66. The second-order valence-corrected chi connectivity index (χ2v) is 3.06. The summed E-state index contributed by atoms with van der Waals surface area (Å²) in [6, 6.07) is 4.52. The number of ether oxygens (including phenoxy) is 1. The zero-order valence-corrected chi connectivity index (χ0v) is 8.77. The van der Waals surface area contributed by atoms with Crippen molar-refractivity contribution in [3.05, 3.63) is 34.6 Å². The summed E-state index contributed by atoms with van der Waals surface area (Å²) in [7, 11) is 1.27. The zero-order valence-electron chi connectivity index (χ0n) is 8.01. The van der Waals surface area contributed by atoms with Crippen LogP contribution in [-0.2, 0) is 9.53 Å². The van der Waals surface area contributed by atoms with Crippen LogP contribution >= 0.6 is 11.6 Å². The predicted octanol–water partition coefficient (Wildman–Crippen LogP) is 2.39. The molecule has 78 valence electrons. The van der Waals surface area contributed by atoms with Crippen LogP contribution in [0.25, 0.3) is 0 Å². The van der Waals surface area contributed by atoms with Crippen molar-refractivity contribution in [1.29, 1.82) is 0 Å². The van der Waals surface area contributed by atoms with Crippen LogP contribution in [0.3, 0.4) is 0 Å². The van der Waals surface area contributed by atoms with Crippen molar-refractivity contribution in [1.82, 2.24) is 0 Å². The van der Waals surface area contributed by atoms with Crippen molar-refractivity contribution in [2.45, 2.75) is 6.42 Å². The molecule has 0 N–H and O–H groups in total. The van der Waals surface area contributed by atoms with E-state index in [1.807, 2.05) is 0 Å². The molecule has 0 heterocycles. The highest BCUT2D eigenvalue weighted by Crippen LogP contribution is 2.16. The SMILES string of the molecule is COC(=O)CC#Cc1cccc(Cl)c1F. The highest BCUT2D eigenvalue weighted by Gasteiger charge is 2.02. The normalized spacial score (nSPS) is 9.00. The number of carbonyl (C=O) groups excluding carboxylic acids is 1. The maximum atomic E-state index is 13.3. The van der Waals surface area contributed by atoms with Gasteiger partial charge in [0.15, 0.2) is 5.82 Å². The Morgan fingerprint density at radius 1 is 1.60 bits per heavy atom. The van der Waals surface area contributed by atoms with Gasteiger partial charge >= 0.3 is 5.97 Å². The van der Waals surface area contributed by atoms with E-state index in [2.05, 4.69) is 16.6 Å². The first-order valence-electron chi connectivity index (χ1n) is 4.15. The van der Waals surface area contributed by atoms with Gasteiger partial charge in [-0.05, 0) is 12.1 Å². The molecule has 0 unspecified atom stereocenters. The van der Waals surface area contributed by atoms with Gasteiger partial charge in [0.1, 0.15) is 6.42 Å². The Labute approximate surface area is 92.0 Å². The Morgan fingerprint density at radius 2 is 2.33 bits per heavy atom. The Bertz CT molecular complexity index is 432. The molecule has 4 heteroatoms. The number of hydrogen-bond donors (Lipinski definition) is 0. The Kier molecular flexibility index (Phi) is 4.14. The summed E-state index contributed by atoms with van der Waals surface area (Å²) in [6.45, 7) is 0. The standard InChI is InChI=1S/C11H8ClFO2/c1-15-10(14)7-3-5-8-4-2-6-9(12)11(8)13/h2,4,6H,7H2,1H3. The number of rotatable bonds is 1. The first-order valence-corrected chi connectivity index (χ1v) is 4.52. The number of carbonyl (C=O) groups is 1. The number of hydrogen-bond acceptors (Lipinski definition) is 2. The van der Waals surface area contributed by atoms with Gasteiger partial charge in [0.05, 0.1) is 17.7 Å². The molecule has 0 aliphatic rings. The number of halogens is 2. The van der Waals surface area contributed by atoms with E-state index in [1.165, 1.54) is 19.2 Å². The lowest BCUT2D eigenvalue weighted by Gasteiger charge is -1.95. The third kappa shape index (κ3) is 3.26. The van der Waals surface area contributed by atoms with Crippen molar-refractivity contribution in [2.75, 3.05) is 7.11 Å². The average molecular weight is 227 g/mol. The van der Waals surface area contributed by atoms with E-state index in [1.54, 1.807) is 6.07 Å². The first kappa shape index (κ1) is 11.5. The Morgan fingerprint density at radius 3 is 3.00 bits per heavy atom. The van der Waals surface area contributed by atoms with Gasteiger partial charge < -0.3 is 4.74 Å². The predicted molar refractivity (Wildman–Crippen MR) is 54.9 cm³/mol. The summed E-state index contributed by atoms with van der Waals surface area (Å²) >= 11 is 5.55. The fraction of sp³-hybridized carbons (Fsp3) is 0.182. The molecule has 0 aliphatic carbocycles. The van der Waals surface area contributed by atoms with Crippen LogP contribution in [0.2, 0.25) is 5.02 Å². The van der Waals surface area contributed by atoms with E-state index in [-0.39, 0.29) is 17.0 Å². The molecule has 0 fully saturated rings. The van der Waals surface area contributed by atoms with E-state index >= 15 is 0 Å². The van der Waals surface area contributed by atoms with Crippen LogP contribution in [0.15, 0.2) is 18.2 Å². The molecule has 0 saturated heterocycles. The minimum absolute atomic E-state index is 0.0138. The second kappa shape index (κ2) is 5.38. The largest absolute Gasteiger partial charge is 0.468 e. The molecule has 0 bridgehead atoms. The summed E-state index contributed by atoms with van der Waals surface area (Å²) in [5, 5.41) is 0.0138. The van der Waals surface area contributed by atoms with Crippen LogP contribution < -0.4 is 0 Å². The van der Waals surface area contributed by atoms with Crippen LogP contribution in [0.4, 0.5) is 4.39 Å². The number of methoxy groups -OCH3 is 1. The van der Waals surface area contributed by atoms with Gasteiger partial charge in [-0.3, -0.25) is 4.79 Å². The minimum Gasteiger partial charge on any atom is -0.468 e. The van der Waals surface area contributed by atoms with Crippen LogP contribution in [0, 0.1) is 17.7 Å². The summed E-state index contributed by atoms with van der Waals surface area (Å²) in [4.78, 5) is 10.7. The summed E-state index contributed by atoms with van der Waals surface area (Å²) in [5.74, 6) is 3.98. The van der Waals surface area contributed by atoms with Gasteiger partial charge in [-0.15, -0.1) is 0 Å². The molecule has 0 spiro atoms. The highest BCUT2D eigenvalue weighted by molar-refractivity contribution is 6.30. The molecular weight excluding hydrogens is 219 g/mol. The van der Waals surface area contributed by atoms with Crippen LogP contribution in [0.1, 0.15) is 12.0 Å². The van der Waals surface area contributed by atoms with Gasteiger partial charge in [0.25, 0.3) is 0 Å². The first-order chi connectivity index (χ1) is 7.15. The molecule has 1 aromatic rings. The van der Waals surface area contributed by atoms with Gasteiger partial charge in [-0.25, -0.2) is 4.39 Å². The highest BCUT2D eigenvalue weighted by atomic mass is 35.5. The Hall–Kier alpha value is -1.53. The number of benzene rings is 1. The fourth-order valence-electron chi connectivity index (χ4n) is 0.884. The van der Waals surface area contributed by atoms with E-state index in [9.17, 15) is 9.18 Å². The summed E-state index contributed by atoms with van der Waals surface area (Å²) < 4.78 is 17.6. The lowest BCUT2D eigenvalue weighted by molar-refractivity contribution is -0.139. The van der Waals surface area contributed by atoms with Crippen molar-refractivity contribution < 1.29 is 13.9 Å². The maximum absolute atomic E-state index is 13.3. The number of esters is 1. The molecule has 0 atom stereocenters. The quantitative estimate of drug-likeness (QED) is 0.543. The van der Waals surface area contributed by atoms with Gasteiger partial charge in [-0.1, -0.05) is 29.5 Å². The minimum atomic E-state index is -0.573. The van der Waals surface area contributed by atoms with Gasteiger partial charge in [0, 0.05) is 0 Å². The molecule has 0 radical (unpaired) electrons. The van der Waals surface area contributed by atoms with Crippen molar-refractivity contribution in [3.8, 4) is 11.8 Å². The molecule has 0 amide bonds. The maximum Gasteiger partial charge on any atom is 0.317 e. The van der Waals surface area contributed by atoms with Crippen molar-refractivity contribution in [3.63, 3.8) is 0 Å². The third-order valence-electron chi connectivity index (χ3n) is 1.64. The molecule has 1 aromatic carbocycles. The Balaban J connectivity index is 2.80. The lowest BCUT2D eigenvalue weighted by atomic mass is 10.2. The zero-order chi connectivity index (χ0) is 11.3. The molecule has 0 saturated carbocycles. The van der Waals surface area contributed by atoms with Crippen molar-refractivity contribution in [2.24, 2.45) is 0 Å². The lowest BCUT2D eigenvalue weighted by Crippen LogP contribution is -1.97. The van der Waals surface area contributed by atoms with Gasteiger partial charge in [0.2, 0.25) is 0 Å². The monoisotopic (exact) mass is 226 g/mol. The van der Waals surface area contributed by atoms with E-state index < -0.39 is 11.8 Å². The molecule has 1 rings (SSSR count). The van der Waals surface area contributed by atoms with E-state index in [0.717, 1.165) is 0 Å². The summed E-state index contributed by atoms with van der Waals surface area (Å²) in [6.07, 6.45) is -0.0670. The fourth-order valence-corrected chi connectivity index (χ4v) is 1.06. The topological polar surface area (TPSA) is 26.3 Å². The van der Waals surface area contributed by atoms with E-state index in [4.69, 9.17) is 11.6 Å². The van der Waals surface area contributed by atoms with Crippen molar-refractivity contribution >= 4 is 17.6 Å². The molecule has 0 aliphatic heterocycles. The van der Waals surface area contributed by atoms with E-state index in [0.29, 0.717) is 0 Å². The van der Waals surface area contributed by atoms with Crippen LogP contribution in [0.5, 0.6) is 0 Å². The van der Waals surface area contributed by atoms with Gasteiger partial charge in [-0.2, -0.15) is 0 Å². The molecule has 2 nitrogen and oxygen atoms in total. The molecule has 15 heavy (non-hydrogen) atoms. The van der Waals surface area contributed by atoms with Crippen LogP contribution in [-0.4, -0.2) is 13.1 Å². The average Bonchev–Trinajstić information content (AvgIpc) is 2.24. The molecule has 0 aromatic heterocycles. The smallest absolute Gasteiger partial charge is 0.317 e. The third-order valence-corrected chi connectivity index (χ3v) is 1.93. The summed E-state index contributed by atoms with van der Waals surface area (Å²) in [5.41, 5.74) is 0.173. The molecular formula is C11H8ClFO2.